The van der Waals surface area contributed by atoms with E-state index < -0.39 is 11.9 Å². The first-order valence-corrected chi connectivity index (χ1v) is 10.1. The summed E-state index contributed by atoms with van der Waals surface area (Å²) in [6.07, 6.45) is 0.379. The maximum absolute atomic E-state index is 13.4. The molecule has 2 N–H and O–H groups in total. The molecule has 2 heterocycles. The lowest BCUT2D eigenvalue weighted by atomic mass is 10.0. The molecule has 1 aliphatic rings. The molecule has 8 nitrogen and oxygen atoms in total. The van der Waals surface area contributed by atoms with E-state index in [0.717, 1.165) is 0 Å². The molecule has 158 valence electrons. The summed E-state index contributed by atoms with van der Waals surface area (Å²) in [6, 6.07) is 10.9. The lowest BCUT2D eigenvalue weighted by Gasteiger charge is -2.24. The van der Waals surface area contributed by atoms with Crippen molar-refractivity contribution in [3.05, 3.63) is 74.8 Å². The highest BCUT2D eigenvalue weighted by molar-refractivity contribution is 6.30. The minimum absolute atomic E-state index is 0.0953. The first-order valence-electron chi connectivity index (χ1n) is 9.73. The number of hydrogen-bond donors (Lipinski definition) is 2. The number of nitrogens with zero attached hydrogens (tertiary/aromatic N) is 2. The molecule has 3 aromatic rings. The van der Waals surface area contributed by atoms with Crippen LogP contribution in [0.25, 0.3) is 10.9 Å². The molecule has 1 saturated heterocycles. The van der Waals surface area contributed by atoms with Crippen molar-refractivity contribution in [2.45, 2.75) is 32.4 Å². The number of halogens is 1. The van der Waals surface area contributed by atoms with Crippen LogP contribution in [0.4, 0.5) is 0 Å². The molecule has 31 heavy (non-hydrogen) atoms. The summed E-state index contributed by atoms with van der Waals surface area (Å²) >= 11 is 5.95. The maximum Gasteiger partial charge on any atom is 0.262 e. The Bertz CT molecular complexity index is 1280. The second-order valence-electron chi connectivity index (χ2n) is 7.31. The van der Waals surface area contributed by atoms with E-state index in [0.29, 0.717) is 32.9 Å². The van der Waals surface area contributed by atoms with Gasteiger partial charge in [-0.15, -0.1) is 0 Å². The minimum atomic E-state index is -0.809. The summed E-state index contributed by atoms with van der Waals surface area (Å²) in [5.74, 6) is -0.823. The predicted molar refractivity (Wildman–Crippen MR) is 115 cm³/mol. The molecule has 3 amide bonds. The molecule has 1 aliphatic heterocycles. The second kappa shape index (κ2) is 8.31. The van der Waals surface area contributed by atoms with Crippen LogP contribution in [0.2, 0.25) is 5.02 Å². The standard InChI is InChI=1S/C22H19ClN4O4/c1-12-25-16-7-3-5-14(11-24-20(29)13-4-2-6-15(23)10-13)19(16)22(31)27(12)17-8-9-18(28)26-21(17)30/h2-7,10,17H,8-9,11H2,1H3,(H,24,29)(H,26,28,30). The van der Waals surface area contributed by atoms with Crippen molar-refractivity contribution in [3.63, 3.8) is 0 Å². The number of carbonyl (C=O) groups excluding carboxylic acids is 3. The molecule has 4 rings (SSSR count). The maximum atomic E-state index is 13.4. The van der Waals surface area contributed by atoms with Gasteiger partial charge in [0.15, 0.2) is 0 Å². The van der Waals surface area contributed by atoms with Crippen molar-refractivity contribution in [2.75, 3.05) is 0 Å². The van der Waals surface area contributed by atoms with Crippen molar-refractivity contribution in [1.82, 2.24) is 20.2 Å². The first kappa shape index (κ1) is 20.7. The molecule has 0 aliphatic carbocycles. The van der Waals surface area contributed by atoms with Gasteiger partial charge in [0.05, 0.1) is 10.9 Å². The number of amides is 3. The number of aryl methyl sites for hydroxylation is 1. The summed E-state index contributed by atoms with van der Waals surface area (Å²) in [5.41, 5.74) is 1.07. The zero-order valence-electron chi connectivity index (χ0n) is 16.6. The monoisotopic (exact) mass is 438 g/mol. The predicted octanol–water partition coefficient (Wildman–Crippen LogP) is 2.27. The van der Waals surface area contributed by atoms with Gasteiger partial charge in [0.25, 0.3) is 11.5 Å². The minimum Gasteiger partial charge on any atom is -0.348 e. The zero-order valence-corrected chi connectivity index (χ0v) is 17.4. The van der Waals surface area contributed by atoms with Crippen molar-refractivity contribution >= 4 is 40.2 Å². The van der Waals surface area contributed by atoms with E-state index in [4.69, 9.17) is 11.6 Å². The smallest absolute Gasteiger partial charge is 0.262 e. The van der Waals surface area contributed by atoms with Crippen LogP contribution in [0.1, 0.15) is 40.6 Å². The lowest BCUT2D eigenvalue weighted by molar-refractivity contribution is -0.135. The quantitative estimate of drug-likeness (QED) is 0.607. The number of fused-ring (bicyclic) bond motifs is 1. The Morgan fingerprint density at radius 3 is 2.74 bits per heavy atom. The van der Waals surface area contributed by atoms with Gasteiger partial charge in [-0.25, -0.2) is 4.98 Å². The highest BCUT2D eigenvalue weighted by atomic mass is 35.5. The molecule has 1 unspecified atom stereocenters. The van der Waals surface area contributed by atoms with Crippen LogP contribution in [-0.2, 0) is 16.1 Å². The number of imide groups is 1. The zero-order chi connectivity index (χ0) is 22.1. The normalized spacial score (nSPS) is 16.3. The summed E-state index contributed by atoms with van der Waals surface area (Å²) in [7, 11) is 0. The number of piperidine rings is 1. The molecular weight excluding hydrogens is 420 g/mol. The highest BCUT2D eigenvalue weighted by Gasteiger charge is 2.30. The van der Waals surface area contributed by atoms with Crippen molar-refractivity contribution in [2.24, 2.45) is 0 Å². The Morgan fingerprint density at radius 2 is 2.00 bits per heavy atom. The van der Waals surface area contributed by atoms with E-state index in [2.05, 4.69) is 15.6 Å². The van der Waals surface area contributed by atoms with Crippen molar-refractivity contribution in [3.8, 4) is 0 Å². The fourth-order valence-corrected chi connectivity index (χ4v) is 3.96. The SMILES string of the molecule is Cc1nc2cccc(CNC(=O)c3cccc(Cl)c3)c2c(=O)n1C1CCC(=O)NC1=O. The Balaban J connectivity index is 1.70. The fraction of sp³-hybridized carbons (Fsp3) is 0.227. The number of carbonyl (C=O) groups is 3. The Kier molecular flexibility index (Phi) is 5.56. The van der Waals surface area contributed by atoms with Crippen LogP contribution in [0.15, 0.2) is 47.3 Å². The van der Waals surface area contributed by atoms with E-state index in [9.17, 15) is 19.2 Å². The van der Waals surface area contributed by atoms with Gasteiger partial charge < -0.3 is 5.32 Å². The highest BCUT2D eigenvalue weighted by Crippen LogP contribution is 2.21. The third kappa shape index (κ3) is 4.06. The molecule has 9 heteroatoms. The van der Waals surface area contributed by atoms with Crippen LogP contribution in [0.3, 0.4) is 0 Å². The molecule has 0 bridgehead atoms. The Hall–Kier alpha value is -3.52. The van der Waals surface area contributed by atoms with Gasteiger partial charge in [0.1, 0.15) is 11.9 Å². The van der Waals surface area contributed by atoms with Crippen LogP contribution in [-0.4, -0.2) is 27.3 Å². The van der Waals surface area contributed by atoms with E-state index in [-0.39, 0.29) is 36.8 Å². The van der Waals surface area contributed by atoms with Crippen molar-refractivity contribution < 1.29 is 14.4 Å². The van der Waals surface area contributed by atoms with Crippen LogP contribution in [0, 0.1) is 6.92 Å². The molecule has 2 aromatic carbocycles. The largest absolute Gasteiger partial charge is 0.348 e. The molecule has 0 saturated carbocycles. The number of aromatic nitrogens is 2. The molecule has 1 fully saturated rings. The topological polar surface area (TPSA) is 110 Å². The molecule has 1 atom stereocenters. The van der Waals surface area contributed by atoms with Crippen LogP contribution >= 0.6 is 11.6 Å². The van der Waals surface area contributed by atoms with E-state index in [1.165, 1.54) is 4.57 Å². The van der Waals surface area contributed by atoms with Crippen LogP contribution < -0.4 is 16.2 Å². The molecular formula is C22H19ClN4O4. The van der Waals surface area contributed by atoms with Gasteiger partial charge in [0.2, 0.25) is 11.8 Å². The molecule has 1 aromatic heterocycles. The van der Waals surface area contributed by atoms with Gasteiger partial charge in [0, 0.05) is 23.6 Å². The van der Waals surface area contributed by atoms with Gasteiger partial charge in [-0.3, -0.25) is 29.1 Å². The van der Waals surface area contributed by atoms with E-state index >= 15 is 0 Å². The number of hydrogen-bond acceptors (Lipinski definition) is 5. The van der Waals surface area contributed by atoms with Gasteiger partial charge >= 0.3 is 0 Å². The number of benzene rings is 2. The molecule has 0 radical (unpaired) electrons. The van der Waals surface area contributed by atoms with Gasteiger partial charge in [-0.05, 0) is 43.2 Å². The summed E-state index contributed by atoms with van der Waals surface area (Å²) in [5, 5.41) is 5.84. The Morgan fingerprint density at radius 1 is 1.23 bits per heavy atom. The number of rotatable bonds is 4. The fourth-order valence-electron chi connectivity index (χ4n) is 3.77. The van der Waals surface area contributed by atoms with Crippen LogP contribution in [0.5, 0.6) is 0 Å². The average Bonchev–Trinajstić information content (AvgIpc) is 2.73. The molecule has 0 spiro atoms. The first-order chi connectivity index (χ1) is 14.8. The Labute approximate surface area is 182 Å². The van der Waals surface area contributed by atoms with Crippen molar-refractivity contribution in [1.29, 1.82) is 0 Å². The van der Waals surface area contributed by atoms with E-state index in [1.54, 1.807) is 49.4 Å². The van der Waals surface area contributed by atoms with E-state index in [1.807, 2.05) is 0 Å². The summed E-state index contributed by atoms with van der Waals surface area (Å²) < 4.78 is 1.33. The lowest BCUT2D eigenvalue weighted by Crippen LogP contribution is -2.45. The third-order valence-corrected chi connectivity index (χ3v) is 5.48. The average molecular weight is 439 g/mol. The third-order valence-electron chi connectivity index (χ3n) is 5.24. The second-order valence-corrected chi connectivity index (χ2v) is 7.74. The summed E-state index contributed by atoms with van der Waals surface area (Å²) in [4.78, 5) is 54.2. The van der Waals surface area contributed by atoms with Gasteiger partial charge in [-0.1, -0.05) is 29.8 Å². The van der Waals surface area contributed by atoms with Gasteiger partial charge in [-0.2, -0.15) is 0 Å². The number of nitrogens with one attached hydrogen (secondary N) is 2. The summed E-state index contributed by atoms with van der Waals surface area (Å²) in [6.45, 7) is 1.75.